The Morgan fingerprint density at radius 1 is 1.08 bits per heavy atom. The number of nitrogens with one attached hydrogen (secondary N) is 1. The second-order valence-electron chi connectivity index (χ2n) is 5.62. The van der Waals surface area contributed by atoms with E-state index in [9.17, 15) is 14.9 Å². The number of nitro groups is 1. The van der Waals surface area contributed by atoms with Gasteiger partial charge in [-0.25, -0.2) is 5.43 Å². The Labute approximate surface area is 154 Å². The number of benzene rings is 3. The number of rotatable bonds is 4. The molecule has 0 heterocycles. The molecule has 3 rings (SSSR count). The van der Waals surface area contributed by atoms with Crippen LogP contribution in [0.4, 0.5) is 5.69 Å². The molecule has 0 saturated heterocycles. The number of hydrazone groups is 1. The highest BCUT2D eigenvalue weighted by Gasteiger charge is 2.14. The summed E-state index contributed by atoms with van der Waals surface area (Å²) in [5.74, 6) is -0.537. The normalized spacial score (nSPS) is 11.4. The van der Waals surface area contributed by atoms with Crippen LogP contribution in [-0.2, 0) is 0 Å². The average molecular weight is 368 g/mol. The lowest BCUT2D eigenvalue weighted by Gasteiger charge is -2.06. The van der Waals surface area contributed by atoms with Gasteiger partial charge in [-0.3, -0.25) is 14.9 Å². The zero-order chi connectivity index (χ0) is 18.7. The molecule has 0 aliphatic heterocycles. The predicted molar refractivity (Wildman–Crippen MR) is 102 cm³/mol. The molecule has 0 aliphatic carbocycles. The van der Waals surface area contributed by atoms with Crippen molar-refractivity contribution in [1.82, 2.24) is 5.43 Å². The van der Waals surface area contributed by atoms with Gasteiger partial charge in [0.15, 0.2) is 0 Å². The maximum atomic E-state index is 12.2. The molecule has 1 amide bonds. The lowest BCUT2D eigenvalue weighted by Crippen LogP contribution is -2.19. The van der Waals surface area contributed by atoms with Gasteiger partial charge in [0.1, 0.15) is 0 Å². The molecule has 3 aromatic rings. The van der Waals surface area contributed by atoms with E-state index in [1.807, 2.05) is 42.5 Å². The van der Waals surface area contributed by atoms with Crippen molar-refractivity contribution in [2.24, 2.45) is 5.10 Å². The molecular weight excluding hydrogens is 354 g/mol. The van der Waals surface area contributed by atoms with Gasteiger partial charge in [-0.2, -0.15) is 5.10 Å². The number of hydrogen-bond donors (Lipinski definition) is 1. The number of hydrogen-bond acceptors (Lipinski definition) is 4. The minimum Gasteiger partial charge on any atom is -0.267 e. The number of amides is 1. The van der Waals surface area contributed by atoms with Gasteiger partial charge in [0, 0.05) is 12.1 Å². The van der Waals surface area contributed by atoms with Crippen LogP contribution in [0.2, 0.25) is 5.02 Å². The van der Waals surface area contributed by atoms with Crippen LogP contribution in [0, 0.1) is 10.1 Å². The van der Waals surface area contributed by atoms with Crippen molar-refractivity contribution in [2.45, 2.75) is 6.92 Å². The summed E-state index contributed by atoms with van der Waals surface area (Å²) in [6.07, 6.45) is 0. The third-order valence-corrected chi connectivity index (χ3v) is 4.21. The van der Waals surface area contributed by atoms with Crippen molar-refractivity contribution >= 4 is 39.7 Å². The van der Waals surface area contributed by atoms with E-state index in [1.165, 1.54) is 12.1 Å². The standard InChI is InChI=1S/C19H14ClN3O3/c1-12(14-7-6-13-4-2-3-5-15(13)10-14)21-22-19(24)17-9-8-16(23(25)26)11-18(17)20/h2-11H,1H3,(H,22,24). The summed E-state index contributed by atoms with van der Waals surface area (Å²) < 4.78 is 0. The van der Waals surface area contributed by atoms with Crippen LogP contribution in [0.3, 0.4) is 0 Å². The zero-order valence-corrected chi connectivity index (χ0v) is 14.5. The van der Waals surface area contributed by atoms with Crippen molar-refractivity contribution < 1.29 is 9.72 Å². The van der Waals surface area contributed by atoms with Gasteiger partial charge in [0.25, 0.3) is 11.6 Å². The first-order chi connectivity index (χ1) is 12.5. The number of fused-ring (bicyclic) bond motifs is 1. The van der Waals surface area contributed by atoms with E-state index >= 15 is 0 Å². The minimum absolute atomic E-state index is 0.00439. The Morgan fingerprint density at radius 2 is 1.81 bits per heavy atom. The number of halogens is 1. The van der Waals surface area contributed by atoms with E-state index in [1.54, 1.807) is 6.92 Å². The fourth-order valence-corrected chi connectivity index (χ4v) is 2.74. The molecule has 0 unspecified atom stereocenters. The summed E-state index contributed by atoms with van der Waals surface area (Å²) in [7, 11) is 0. The van der Waals surface area contributed by atoms with Crippen LogP contribution < -0.4 is 5.43 Å². The molecule has 3 aromatic carbocycles. The zero-order valence-electron chi connectivity index (χ0n) is 13.8. The predicted octanol–water partition coefficient (Wildman–Crippen LogP) is 4.56. The van der Waals surface area contributed by atoms with Gasteiger partial charge in [0.05, 0.1) is 21.2 Å². The first kappa shape index (κ1) is 17.6. The molecule has 26 heavy (non-hydrogen) atoms. The molecule has 1 N–H and O–H groups in total. The monoisotopic (exact) mass is 367 g/mol. The summed E-state index contributed by atoms with van der Waals surface area (Å²) in [4.78, 5) is 22.4. The van der Waals surface area contributed by atoms with Gasteiger partial charge < -0.3 is 0 Å². The fourth-order valence-electron chi connectivity index (χ4n) is 2.48. The summed E-state index contributed by atoms with van der Waals surface area (Å²) in [6, 6.07) is 17.5. The number of nitrogens with zero attached hydrogens (tertiary/aromatic N) is 2. The van der Waals surface area contributed by atoms with Gasteiger partial charge in [-0.1, -0.05) is 48.0 Å². The maximum absolute atomic E-state index is 12.2. The summed E-state index contributed by atoms with van der Waals surface area (Å²) in [5.41, 5.74) is 3.87. The highest BCUT2D eigenvalue weighted by molar-refractivity contribution is 6.34. The van der Waals surface area contributed by atoms with Crippen molar-refractivity contribution in [3.05, 3.63) is 86.9 Å². The Morgan fingerprint density at radius 3 is 2.50 bits per heavy atom. The molecule has 0 spiro atoms. The van der Waals surface area contributed by atoms with Crippen molar-refractivity contribution in [3.63, 3.8) is 0 Å². The summed E-state index contributed by atoms with van der Waals surface area (Å²) in [6.45, 7) is 1.78. The summed E-state index contributed by atoms with van der Waals surface area (Å²) >= 11 is 5.95. The van der Waals surface area contributed by atoms with Gasteiger partial charge >= 0.3 is 0 Å². The Balaban J connectivity index is 1.79. The average Bonchev–Trinajstić information content (AvgIpc) is 2.65. The molecule has 0 atom stereocenters. The molecule has 6 nitrogen and oxygen atoms in total. The third kappa shape index (κ3) is 3.70. The van der Waals surface area contributed by atoms with E-state index < -0.39 is 10.8 Å². The number of carbonyl (C=O) groups excluding carboxylic acids is 1. The second kappa shape index (κ2) is 7.33. The topological polar surface area (TPSA) is 84.6 Å². The molecule has 0 aromatic heterocycles. The first-order valence-corrected chi connectivity index (χ1v) is 8.11. The van der Waals surface area contributed by atoms with Crippen molar-refractivity contribution in [2.75, 3.05) is 0 Å². The van der Waals surface area contributed by atoms with Gasteiger partial charge in [-0.15, -0.1) is 0 Å². The largest absolute Gasteiger partial charge is 0.272 e. The lowest BCUT2D eigenvalue weighted by molar-refractivity contribution is -0.384. The van der Waals surface area contributed by atoms with E-state index in [0.29, 0.717) is 5.71 Å². The van der Waals surface area contributed by atoms with E-state index in [2.05, 4.69) is 10.5 Å². The number of nitro benzene ring substituents is 1. The van der Waals surface area contributed by atoms with E-state index in [4.69, 9.17) is 11.6 Å². The molecule has 0 fully saturated rings. The Kier molecular flexibility index (Phi) is 4.95. The second-order valence-corrected chi connectivity index (χ2v) is 6.03. The van der Waals surface area contributed by atoms with Crippen LogP contribution in [0.1, 0.15) is 22.8 Å². The van der Waals surface area contributed by atoms with Gasteiger partial charge in [-0.05, 0) is 35.4 Å². The van der Waals surface area contributed by atoms with Crippen LogP contribution in [-0.4, -0.2) is 16.5 Å². The molecule has 0 saturated carbocycles. The smallest absolute Gasteiger partial charge is 0.267 e. The molecule has 7 heteroatoms. The SMILES string of the molecule is CC(=NNC(=O)c1ccc([N+](=O)[O-])cc1Cl)c1ccc2ccccc2c1. The Hall–Kier alpha value is -3.25. The lowest BCUT2D eigenvalue weighted by atomic mass is 10.0. The van der Waals surface area contributed by atoms with E-state index in [-0.39, 0.29) is 16.3 Å². The quantitative estimate of drug-likeness (QED) is 0.417. The molecule has 0 aliphatic rings. The third-order valence-electron chi connectivity index (χ3n) is 3.90. The highest BCUT2D eigenvalue weighted by atomic mass is 35.5. The van der Waals surface area contributed by atoms with Gasteiger partial charge in [0.2, 0.25) is 0 Å². The fraction of sp³-hybridized carbons (Fsp3) is 0.0526. The first-order valence-electron chi connectivity index (χ1n) is 7.73. The number of non-ortho nitro benzene ring substituents is 1. The van der Waals surface area contributed by atoms with Crippen LogP contribution in [0.25, 0.3) is 10.8 Å². The maximum Gasteiger partial charge on any atom is 0.272 e. The molecule has 0 radical (unpaired) electrons. The van der Waals surface area contributed by atoms with Crippen LogP contribution in [0.5, 0.6) is 0 Å². The van der Waals surface area contributed by atoms with Crippen molar-refractivity contribution in [1.29, 1.82) is 0 Å². The van der Waals surface area contributed by atoms with Crippen LogP contribution in [0.15, 0.2) is 65.8 Å². The molecular formula is C19H14ClN3O3. The number of carbonyl (C=O) groups is 1. The minimum atomic E-state index is -0.574. The highest BCUT2D eigenvalue weighted by Crippen LogP contribution is 2.22. The summed E-state index contributed by atoms with van der Waals surface area (Å²) in [5, 5.41) is 17.0. The van der Waals surface area contributed by atoms with Crippen LogP contribution >= 0.6 is 11.6 Å². The Bertz CT molecular complexity index is 1050. The van der Waals surface area contributed by atoms with E-state index in [0.717, 1.165) is 22.4 Å². The molecule has 130 valence electrons. The van der Waals surface area contributed by atoms with Crippen molar-refractivity contribution in [3.8, 4) is 0 Å². The molecule has 0 bridgehead atoms.